The molecule has 0 fully saturated rings. The fourth-order valence-electron chi connectivity index (χ4n) is 2.15. The molecule has 8 nitrogen and oxygen atoms in total. The molecule has 8 N–H and O–H groups in total. The van der Waals surface area contributed by atoms with Crippen LogP contribution >= 0.6 is 0 Å². The largest absolute Gasteiger partial charge is 0.370 e. The molecule has 0 saturated heterocycles. The van der Waals surface area contributed by atoms with E-state index in [9.17, 15) is 0 Å². The predicted molar refractivity (Wildman–Crippen MR) is 103 cm³/mol. The Morgan fingerprint density at radius 1 is 0.615 bits per heavy atom. The molecule has 0 bridgehead atoms. The van der Waals surface area contributed by atoms with Crippen molar-refractivity contribution in [3.63, 3.8) is 0 Å². The van der Waals surface area contributed by atoms with Crippen molar-refractivity contribution in [2.45, 2.75) is 12.8 Å². The molecule has 0 aliphatic rings. The number of nitrogens with zero attached hydrogens (tertiary/aromatic N) is 2. The second-order valence-electron chi connectivity index (χ2n) is 5.57. The number of rotatable bonds is 9. The average Bonchev–Trinajstić information content (AvgIpc) is 2.61. The highest BCUT2D eigenvalue weighted by atomic mass is 17.2. The van der Waals surface area contributed by atoms with Crippen molar-refractivity contribution in [2.75, 3.05) is 13.1 Å². The molecule has 0 saturated carbocycles. The van der Waals surface area contributed by atoms with Crippen molar-refractivity contribution in [3.8, 4) is 11.5 Å². The Bertz CT molecular complexity index is 668. The SMILES string of the molecule is NC(N)=NCCc1ccc(OOc2ccc(CCN=C(N)N)cc2)cc1. The van der Waals surface area contributed by atoms with Crippen LogP contribution in [0.2, 0.25) is 0 Å². The van der Waals surface area contributed by atoms with E-state index in [2.05, 4.69) is 9.98 Å². The number of aliphatic imine (C=N–C) groups is 2. The lowest BCUT2D eigenvalue weighted by molar-refractivity contribution is -0.0999. The van der Waals surface area contributed by atoms with Crippen LogP contribution in [0.15, 0.2) is 58.5 Å². The first-order valence-electron chi connectivity index (χ1n) is 8.16. The van der Waals surface area contributed by atoms with E-state index in [1.807, 2.05) is 48.5 Å². The molecule has 0 spiro atoms. The second-order valence-corrected chi connectivity index (χ2v) is 5.57. The van der Waals surface area contributed by atoms with Crippen LogP contribution in [-0.4, -0.2) is 25.0 Å². The van der Waals surface area contributed by atoms with E-state index in [0.717, 1.165) is 24.0 Å². The third kappa shape index (κ3) is 7.00. The van der Waals surface area contributed by atoms with Crippen molar-refractivity contribution in [1.82, 2.24) is 0 Å². The number of benzene rings is 2. The number of hydrogen-bond acceptors (Lipinski definition) is 4. The number of hydrogen-bond donors (Lipinski definition) is 4. The predicted octanol–water partition coefficient (Wildman–Crippen LogP) is 0.691. The van der Waals surface area contributed by atoms with Gasteiger partial charge in [-0.1, -0.05) is 24.3 Å². The van der Waals surface area contributed by atoms with Gasteiger partial charge in [0.25, 0.3) is 0 Å². The smallest absolute Gasteiger partial charge is 0.185 e. The van der Waals surface area contributed by atoms with Gasteiger partial charge in [0.2, 0.25) is 0 Å². The topological polar surface area (TPSA) is 147 Å². The summed E-state index contributed by atoms with van der Waals surface area (Å²) in [5.74, 6) is 1.40. The Balaban J connectivity index is 1.79. The van der Waals surface area contributed by atoms with Crippen LogP contribution in [0.1, 0.15) is 11.1 Å². The summed E-state index contributed by atoms with van der Waals surface area (Å²) in [6.45, 7) is 1.10. The summed E-state index contributed by atoms with van der Waals surface area (Å²) >= 11 is 0. The minimum Gasteiger partial charge on any atom is -0.370 e. The monoisotopic (exact) mass is 356 g/mol. The van der Waals surface area contributed by atoms with Gasteiger partial charge in [-0.25, -0.2) is 0 Å². The molecule has 0 aliphatic heterocycles. The van der Waals surface area contributed by atoms with Crippen LogP contribution in [0.4, 0.5) is 0 Å². The van der Waals surface area contributed by atoms with Crippen LogP contribution in [-0.2, 0) is 12.8 Å². The Morgan fingerprint density at radius 2 is 0.962 bits per heavy atom. The zero-order valence-corrected chi connectivity index (χ0v) is 14.5. The summed E-state index contributed by atoms with van der Waals surface area (Å²) < 4.78 is 0. The van der Waals surface area contributed by atoms with Crippen molar-refractivity contribution in [1.29, 1.82) is 0 Å². The number of guanidine groups is 2. The first kappa shape index (κ1) is 18.9. The van der Waals surface area contributed by atoms with Gasteiger partial charge in [0.15, 0.2) is 23.4 Å². The molecule has 138 valence electrons. The molecule has 2 aromatic rings. The molecule has 0 amide bonds. The molecule has 0 aromatic heterocycles. The van der Waals surface area contributed by atoms with Gasteiger partial charge < -0.3 is 22.9 Å². The maximum Gasteiger partial charge on any atom is 0.185 e. The Hall–Kier alpha value is -3.42. The maximum absolute atomic E-state index is 5.32. The summed E-state index contributed by atoms with van der Waals surface area (Å²) in [4.78, 5) is 18.5. The molecule has 0 atom stereocenters. The lowest BCUT2D eigenvalue weighted by Crippen LogP contribution is -2.23. The highest BCUT2D eigenvalue weighted by Crippen LogP contribution is 2.17. The zero-order valence-electron chi connectivity index (χ0n) is 14.5. The fourth-order valence-corrected chi connectivity index (χ4v) is 2.15. The van der Waals surface area contributed by atoms with E-state index in [4.69, 9.17) is 32.7 Å². The van der Waals surface area contributed by atoms with Crippen molar-refractivity contribution >= 4 is 11.9 Å². The van der Waals surface area contributed by atoms with Gasteiger partial charge in [-0.2, -0.15) is 0 Å². The highest BCUT2D eigenvalue weighted by molar-refractivity contribution is 5.75. The van der Waals surface area contributed by atoms with E-state index in [-0.39, 0.29) is 11.9 Å². The lowest BCUT2D eigenvalue weighted by Gasteiger charge is -2.07. The summed E-state index contributed by atoms with van der Waals surface area (Å²) in [5.41, 5.74) is 23.4. The van der Waals surface area contributed by atoms with E-state index in [1.165, 1.54) is 0 Å². The Morgan fingerprint density at radius 3 is 1.27 bits per heavy atom. The van der Waals surface area contributed by atoms with Crippen LogP contribution in [0.3, 0.4) is 0 Å². The van der Waals surface area contributed by atoms with Crippen LogP contribution in [0, 0.1) is 0 Å². The Kier molecular flexibility index (Phi) is 7.11. The first-order valence-corrected chi connectivity index (χ1v) is 8.16. The molecule has 26 heavy (non-hydrogen) atoms. The summed E-state index contributed by atoms with van der Waals surface area (Å²) in [5, 5.41) is 0. The first-order chi connectivity index (χ1) is 12.5. The molecular formula is C18H24N6O2. The minimum atomic E-state index is 0.0978. The van der Waals surface area contributed by atoms with Crippen LogP contribution < -0.4 is 32.7 Å². The quantitative estimate of drug-likeness (QED) is 0.225. The zero-order chi connectivity index (χ0) is 18.8. The van der Waals surface area contributed by atoms with Gasteiger partial charge in [0.1, 0.15) is 0 Å². The summed E-state index contributed by atoms with van der Waals surface area (Å²) in [6.07, 6.45) is 1.50. The molecule has 8 heteroatoms. The molecule has 0 radical (unpaired) electrons. The van der Waals surface area contributed by atoms with Gasteiger partial charge >= 0.3 is 0 Å². The Labute approximate surface area is 152 Å². The standard InChI is InChI=1S/C18H24N6O2/c19-17(20)23-11-9-13-1-5-15(6-2-13)25-26-16-7-3-14(4-8-16)10-12-24-18(21)22/h1-8H,9-12H2,(H4,19,20,23)(H4,21,22,24). The summed E-state index contributed by atoms with van der Waals surface area (Å²) in [7, 11) is 0. The van der Waals surface area contributed by atoms with Crippen molar-refractivity contribution < 1.29 is 9.78 Å². The number of nitrogens with two attached hydrogens (primary N) is 4. The maximum atomic E-state index is 5.32. The third-order valence-corrected chi connectivity index (χ3v) is 3.47. The average molecular weight is 356 g/mol. The van der Waals surface area contributed by atoms with Crippen LogP contribution in [0.5, 0.6) is 11.5 Å². The van der Waals surface area contributed by atoms with Gasteiger partial charge in [0, 0.05) is 13.1 Å². The molecule has 2 rings (SSSR count). The van der Waals surface area contributed by atoms with Gasteiger partial charge in [-0.05, 0) is 48.2 Å². The molecule has 0 heterocycles. The van der Waals surface area contributed by atoms with E-state index < -0.39 is 0 Å². The van der Waals surface area contributed by atoms with Gasteiger partial charge in [-0.15, -0.1) is 0 Å². The van der Waals surface area contributed by atoms with E-state index >= 15 is 0 Å². The normalized spacial score (nSPS) is 10.0. The van der Waals surface area contributed by atoms with E-state index in [0.29, 0.717) is 24.6 Å². The highest BCUT2D eigenvalue weighted by Gasteiger charge is 2.00. The third-order valence-electron chi connectivity index (χ3n) is 3.47. The summed E-state index contributed by atoms with van der Waals surface area (Å²) in [6, 6.07) is 15.1. The van der Waals surface area contributed by atoms with Crippen LogP contribution in [0.25, 0.3) is 0 Å². The minimum absolute atomic E-state index is 0.0978. The van der Waals surface area contributed by atoms with Gasteiger partial charge in [0.05, 0.1) is 0 Å². The molecule has 0 unspecified atom stereocenters. The molecular weight excluding hydrogens is 332 g/mol. The van der Waals surface area contributed by atoms with Gasteiger partial charge in [-0.3, -0.25) is 19.8 Å². The molecule has 0 aliphatic carbocycles. The lowest BCUT2D eigenvalue weighted by atomic mass is 10.1. The van der Waals surface area contributed by atoms with E-state index in [1.54, 1.807) is 0 Å². The van der Waals surface area contributed by atoms with Crippen molar-refractivity contribution in [3.05, 3.63) is 59.7 Å². The molecule has 2 aromatic carbocycles. The fraction of sp³-hybridized carbons (Fsp3) is 0.222. The second kappa shape index (κ2) is 9.77. The van der Waals surface area contributed by atoms with Crippen molar-refractivity contribution in [2.24, 2.45) is 32.9 Å².